The van der Waals surface area contributed by atoms with Gasteiger partial charge < -0.3 is 4.90 Å². The van der Waals surface area contributed by atoms with Crippen LogP contribution in [-0.4, -0.2) is 18.5 Å². The van der Waals surface area contributed by atoms with Crippen molar-refractivity contribution in [2.75, 3.05) is 13.6 Å². The second-order valence-corrected chi connectivity index (χ2v) is 6.68. The van der Waals surface area contributed by atoms with Gasteiger partial charge >= 0.3 is 0 Å². The summed E-state index contributed by atoms with van der Waals surface area (Å²) in [6, 6.07) is 4.75. The minimum atomic E-state index is 0.204. The van der Waals surface area contributed by atoms with Gasteiger partial charge in [-0.2, -0.15) is 0 Å². The summed E-state index contributed by atoms with van der Waals surface area (Å²) in [4.78, 5) is 2.40. The molecule has 0 atom stereocenters. The third-order valence-electron chi connectivity index (χ3n) is 3.85. The van der Waals surface area contributed by atoms with Crippen LogP contribution in [0.25, 0.3) is 5.57 Å². The van der Waals surface area contributed by atoms with Crippen LogP contribution in [0.2, 0.25) is 0 Å². The summed E-state index contributed by atoms with van der Waals surface area (Å²) in [5, 5.41) is 0. The van der Waals surface area contributed by atoms with Crippen molar-refractivity contribution in [3.05, 3.63) is 41.0 Å². The van der Waals surface area contributed by atoms with Crippen molar-refractivity contribution < 1.29 is 0 Å². The lowest BCUT2D eigenvalue weighted by atomic mass is 9.81. The highest BCUT2D eigenvalue weighted by atomic mass is 15.1. The van der Waals surface area contributed by atoms with Crippen LogP contribution in [0, 0.1) is 0 Å². The van der Waals surface area contributed by atoms with Gasteiger partial charge in [0.15, 0.2) is 0 Å². The van der Waals surface area contributed by atoms with Crippen molar-refractivity contribution in [2.45, 2.75) is 46.1 Å². The molecule has 1 aromatic carbocycles. The van der Waals surface area contributed by atoms with E-state index in [2.05, 4.69) is 58.4 Å². The Morgan fingerprint density at radius 1 is 1.28 bits per heavy atom. The van der Waals surface area contributed by atoms with Crippen molar-refractivity contribution in [3.63, 3.8) is 0 Å². The zero-order valence-corrected chi connectivity index (χ0v) is 12.4. The number of likely N-dealkylation sites (N-methyl/N-ethyl adjacent to an activating group) is 1. The van der Waals surface area contributed by atoms with E-state index in [4.69, 9.17) is 0 Å². The first-order chi connectivity index (χ1) is 8.29. The summed E-state index contributed by atoms with van der Waals surface area (Å²) in [5.74, 6) is 0. The van der Waals surface area contributed by atoms with Gasteiger partial charge in [0.25, 0.3) is 0 Å². The Bertz CT molecular complexity index is 477. The topological polar surface area (TPSA) is 3.24 Å². The molecule has 0 aliphatic carbocycles. The van der Waals surface area contributed by atoms with Crippen LogP contribution in [-0.2, 0) is 18.4 Å². The first-order valence-corrected chi connectivity index (χ1v) is 6.80. The van der Waals surface area contributed by atoms with E-state index in [-0.39, 0.29) is 5.41 Å². The first-order valence-electron chi connectivity index (χ1n) is 6.80. The molecule has 0 bridgehead atoms. The minimum absolute atomic E-state index is 0.204. The van der Waals surface area contributed by atoms with E-state index in [9.17, 15) is 0 Å². The van der Waals surface area contributed by atoms with E-state index in [1.165, 1.54) is 27.8 Å². The van der Waals surface area contributed by atoms with Crippen molar-refractivity contribution in [1.29, 1.82) is 0 Å². The second kappa shape index (κ2) is 4.55. The van der Waals surface area contributed by atoms with Crippen molar-refractivity contribution in [2.24, 2.45) is 0 Å². The van der Waals surface area contributed by atoms with Crippen LogP contribution in [0.3, 0.4) is 0 Å². The average molecular weight is 243 g/mol. The molecule has 1 aromatic rings. The fraction of sp³-hybridized carbons (Fsp3) is 0.529. The monoisotopic (exact) mass is 243 g/mol. The number of allylic oxidation sites excluding steroid dienone is 1. The Morgan fingerprint density at radius 3 is 2.50 bits per heavy atom. The average Bonchev–Trinajstić information content (AvgIpc) is 2.25. The van der Waals surface area contributed by atoms with E-state index < -0.39 is 0 Å². The smallest absolute Gasteiger partial charge is 0.0233 e. The van der Waals surface area contributed by atoms with Gasteiger partial charge in [-0.15, -0.1) is 0 Å². The molecule has 0 radical (unpaired) electrons. The molecule has 0 saturated heterocycles. The molecule has 1 heterocycles. The number of hydrogen-bond acceptors (Lipinski definition) is 1. The lowest BCUT2D eigenvalue weighted by Gasteiger charge is -2.30. The van der Waals surface area contributed by atoms with Gasteiger partial charge in [-0.05, 0) is 48.1 Å². The van der Waals surface area contributed by atoms with Gasteiger partial charge in [-0.25, -0.2) is 0 Å². The number of hydrogen-bond donors (Lipinski definition) is 0. The molecule has 0 unspecified atom stereocenters. The van der Waals surface area contributed by atoms with E-state index in [1.807, 2.05) is 0 Å². The van der Waals surface area contributed by atoms with Gasteiger partial charge in [-0.1, -0.05) is 45.1 Å². The molecular formula is C17H25N. The molecular weight excluding hydrogens is 218 g/mol. The Kier molecular flexibility index (Phi) is 3.37. The maximum absolute atomic E-state index is 4.16. The van der Waals surface area contributed by atoms with Gasteiger partial charge in [0, 0.05) is 13.1 Å². The molecule has 1 nitrogen and oxygen atoms in total. The molecule has 98 valence electrons. The highest BCUT2D eigenvalue weighted by Gasteiger charge is 2.22. The molecule has 2 rings (SSSR count). The Morgan fingerprint density at radius 2 is 1.94 bits per heavy atom. The quantitative estimate of drug-likeness (QED) is 0.720. The third kappa shape index (κ3) is 2.51. The van der Waals surface area contributed by atoms with E-state index >= 15 is 0 Å². The summed E-state index contributed by atoms with van der Waals surface area (Å²) < 4.78 is 0. The Labute approximate surface area is 112 Å². The molecule has 0 fully saturated rings. The van der Waals surface area contributed by atoms with Gasteiger partial charge in [0.1, 0.15) is 0 Å². The van der Waals surface area contributed by atoms with Gasteiger partial charge in [-0.3, -0.25) is 0 Å². The van der Waals surface area contributed by atoms with Crippen molar-refractivity contribution >= 4 is 5.57 Å². The molecule has 0 N–H and O–H groups in total. The number of benzene rings is 1. The lowest BCUT2D eigenvalue weighted by Crippen LogP contribution is -2.28. The van der Waals surface area contributed by atoms with Crippen LogP contribution < -0.4 is 0 Å². The van der Waals surface area contributed by atoms with Crippen molar-refractivity contribution in [1.82, 2.24) is 4.90 Å². The Balaban J connectivity index is 2.59. The predicted octanol–water partition coefficient (Wildman–Crippen LogP) is 4.01. The largest absolute Gasteiger partial charge is 0.302 e. The molecule has 1 heteroatoms. The maximum atomic E-state index is 4.16. The molecule has 1 aliphatic rings. The predicted molar refractivity (Wildman–Crippen MR) is 79.9 cm³/mol. The third-order valence-corrected chi connectivity index (χ3v) is 3.85. The van der Waals surface area contributed by atoms with Crippen LogP contribution in [0.4, 0.5) is 0 Å². The number of fused-ring (bicyclic) bond motifs is 1. The van der Waals surface area contributed by atoms with E-state index in [0.717, 1.165) is 19.5 Å². The lowest BCUT2D eigenvalue weighted by molar-refractivity contribution is 0.312. The number of rotatable bonds is 1. The number of nitrogens with zero attached hydrogens (tertiary/aromatic N) is 1. The SMILES string of the molecule is C=C(C)c1cc(C(C)(C)C)cc2c1CCN(C)C2. The molecule has 0 aromatic heterocycles. The van der Waals surface area contributed by atoms with E-state index in [1.54, 1.807) is 0 Å². The van der Waals surface area contributed by atoms with E-state index in [0.29, 0.717) is 0 Å². The molecule has 0 spiro atoms. The summed E-state index contributed by atoms with van der Waals surface area (Å²) >= 11 is 0. The highest BCUT2D eigenvalue weighted by molar-refractivity contribution is 5.67. The van der Waals surface area contributed by atoms with Crippen LogP contribution in [0.5, 0.6) is 0 Å². The Hall–Kier alpha value is -1.08. The van der Waals surface area contributed by atoms with Crippen LogP contribution in [0.1, 0.15) is 49.9 Å². The fourth-order valence-corrected chi connectivity index (χ4v) is 2.65. The van der Waals surface area contributed by atoms with Crippen molar-refractivity contribution in [3.8, 4) is 0 Å². The van der Waals surface area contributed by atoms with Gasteiger partial charge in [0.2, 0.25) is 0 Å². The summed E-state index contributed by atoms with van der Waals surface area (Å²) in [7, 11) is 2.20. The highest BCUT2D eigenvalue weighted by Crippen LogP contribution is 2.32. The minimum Gasteiger partial charge on any atom is -0.302 e. The molecule has 1 aliphatic heterocycles. The second-order valence-electron chi connectivity index (χ2n) is 6.68. The maximum Gasteiger partial charge on any atom is 0.0233 e. The zero-order chi connectivity index (χ0) is 13.5. The zero-order valence-electron chi connectivity index (χ0n) is 12.4. The molecule has 0 amide bonds. The molecule has 18 heavy (non-hydrogen) atoms. The standard InChI is InChI=1S/C17H25N/c1-12(2)16-10-14(17(3,4)5)9-13-11-18(6)8-7-15(13)16/h9-10H,1,7-8,11H2,2-6H3. The van der Waals surface area contributed by atoms with Gasteiger partial charge in [0.05, 0.1) is 0 Å². The summed E-state index contributed by atoms with van der Waals surface area (Å²) in [6.45, 7) is 15.4. The first kappa shape index (κ1) is 13.4. The molecule has 0 saturated carbocycles. The summed E-state index contributed by atoms with van der Waals surface area (Å²) in [5.41, 5.74) is 7.22. The summed E-state index contributed by atoms with van der Waals surface area (Å²) in [6.07, 6.45) is 1.15. The van der Waals surface area contributed by atoms with Crippen LogP contribution >= 0.6 is 0 Å². The van der Waals surface area contributed by atoms with Crippen LogP contribution in [0.15, 0.2) is 18.7 Å². The fourth-order valence-electron chi connectivity index (χ4n) is 2.65. The normalized spacial score (nSPS) is 16.5.